The first kappa shape index (κ1) is 18.7. The highest BCUT2D eigenvalue weighted by Crippen LogP contribution is 2.40. The van der Waals surface area contributed by atoms with Gasteiger partial charge in [-0.25, -0.2) is 4.98 Å². The molecule has 2 aliphatic heterocycles. The van der Waals surface area contributed by atoms with E-state index in [1.807, 2.05) is 6.07 Å². The topological polar surface area (TPSA) is 80.0 Å². The SMILES string of the molecule is CCCc1noc2nc(C3CC3)cc(C(=O)NC3CC4CCC(C3)N4)c12.Cl. The van der Waals surface area contributed by atoms with Crippen LogP contribution in [0.25, 0.3) is 11.1 Å². The van der Waals surface area contributed by atoms with Crippen molar-refractivity contribution in [2.24, 2.45) is 0 Å². The molecule has 2 saturated heterocycles. The van der Waals surface area contributed by atoms with Gasteiger partial charge < -0.3 is 15.2 Å². The van der Waals surface area contributed by atoms with E-state index in [2.05, 4.69) is 27.7 Å². The maximum absolute atomic E-state index is 13.2. The minimum atomic E-state index is 0. The lowest BCUT2D eigenvalue weighted by molar-refractivity contribution is 0.0925. The Balaban J connectivity index is 0.00000180. The van der Waals surface area contributed by atoms with E-state index >= 15 is 0 Å². The third-order valence-electron chi connectivity index (χ3n) is 6.07. The summed E-state index contributed by atoms with van der Waals surface area (Å²) in [6, 6.07) is 3.36. The average molecular weight is 391 g/mol. The Bertz CT molecular complexity index is 836. The smallest absolute Gasteiger partial charge is 0.259 e. The fourth-order valence-corrected chi connectivity index (χ4v) is 4.64. The van der Waals surface area contributed by atoms with Crippen molar-refractivity contribution in [1.29, 1.82) is 0 Å². The average Bonchev–Trinajstić information content (AvgIpc) is 3.33. The molecule has 2 unspecified atom stereocenters. The predicted molar refractivity (Wildman–Crippen MR) is 105 cm³/mol. The third-order valence-corrected chi connectivity index (χ3v) is 6.07. The van der Waals surface area contributed by atoms with Crippen molar-refractivity contribution in [2.75, 3.05) is 0 Å². The Labute approximate surface area is 165 Å². The Morgan fingerprint density at radius 3 is 2.67 bits per heavy atom. The van der Waals surface area contributed by atoms with Crippen LogP contribution in [0.3, 0.4) is 0 Å². The number of nitrogens with zero attached hydrogens (tertiary/aromatic N) is 2. The lowest BCUT2D eigenvalue weighted by Gasteiger charge is -2.29. The van der Waals surface area contributed by atoms with Gasteiger partial charge in [-0.2, -0.15) is 0 Å². The number of carbonyl (C=O) groups is 1. The number of aromatic nitrogens is 2. The van der Waals surface area contributed by atoms with E-state index in [4.69, 9.17) is 4.52 Å². The molecule has 3 aliphatic rings. The van der Waals surface area contributed by atoms with Gasteiger partial charge in [-0.05, 0) is 51.0 Å². The number of amides is 1. The molecule has 1 aliphatic carbocycles. The molecule has 3 fully saturated rings. The second kappa shape index (κ2) is 7.40. The molecule has 2 aromatic heterocycles. The minimum Gasteiger partial charge on any atom is -0.349 e. The van der Waals surface area contributed by atoms with E-state index in [-0.39, 0.29) is 24.4 Å². The number of aryl methyl sites for hydroxylation is 1. The van der Waals surface area contributed by atoms with E-state index in [9.17, 15) is 4.79 Å². The summed E-state index contributed by atoms with van der Waals surface area (Å²) < 4.78 is 5.49. The Hall–Kier alpha value is -1.66. The van der Waals surface area contributed by atoms with Crippen LogP contribution in [0.5, 0.6) is 0 Å². The van der Waals surface area contributed by atoms with Crippen LogP contribution in [0, 0.1) is 0 Å². The van der Waals surface area contributed by atoms with Gasteiger partial charge in [0, 0.05) is 29.7 Å². The summed E-state index contributed by atoms with van der Waals surface area (Å²) in [5.41, 5.74) is 3.06. The van der Waals surface area contributed by atoms with E-state index in [0.29, 0.717) is 29.3 Å². The van der Waals surface area contributed by atoms with Crippen molar-refractivity contribution in [3.8, 4) is 0 Å². The fourth-order valence-electron chi connectivity index (χ4n) is 4.64. The molecule has 0 spiro atoms. The molecule has 0 aromatic carbocycles. The highest BCUT2D eigenvalue weighted by Gasteiger charge is 2.35. The molecule has 1 saturated carbocycles. The highest BCUT2D eigenvalue weighted by atomic mass is 35.5. The second-order valence-electron chi connectivity index (χ2n) is 8.21. The van der Waals surface area contributed by atoms with Crippen LogP contribution >= 0.6 is 12.4 Å². The van der Waals surface area contributed by atoms with Crippen LogP contribution in [-0.2, 0) is 6.42 Å². The van der Waals surface area contributed by atoms with Crippen LogP contribution in [0.15, 0.2) is 10.6 Å². The van der Waals surface area contributed by atoms with E-state index in [1.54, 1.807) is 0 Å². The molecular weight excluding hydrogens is 364 g/mol. The zero-order valence-electron chi connectivity index (χ0n) is 15.7. The molecule has 4 heterocycles. The van der Waals surface area contributed by atoms with Crippen LogP contribution in [0.4, 0.5) is 0 Å². The lowest BCUT2D eigenvalue weighted by Crippen LogP contribution is -2.48. The molecule has 27 heavy (non-hydrogen) atoms. The van der Waals surface area contributed by atoms with Gasteiger partial charge in [0.25, 0.3) is 11.6 Å². The van der Waals surface area contributed by atoms with Crippen LogP contribution in [0.1, 0.15) is 79.5 Å². The molecule has 6 nitrogen and oxygen atoms in total. The van der Waals surface area contributed by atoms with Crippen LogP contribution in [-0.4, -0.2) is 34.2 Å². The number of hydrogen-bond donors (Lipinski definition) is 2. The minimum absolute atomic E-state index is 0. The van der Waals surface area contributed by atoms with Crippen molar-refractivity contribution in [2.45, 2.75) is 82.3 Å². The number of pyridine rings is 1. The molecule has 2 bridgehead atoms. The lowest BCUT2D eigenvalue weighted by atomic mass is 9.98. The summed E-state index contributed by atoms with van der Waals surface area (Å²) in [4.78, 5) is 17.8. The zero-order valence-corrected chi connectivity index (χ0v) is 16.5. The van der Waals surface area contributed by atoms with Crippen molar-refractivity contribution in [1.82, 2.24) is 20.8 Å². The number of rotatable bonds is 5. The largest absolute Gasteiger partial charge is 0.349 e. The summed E-state index contributed by atoms with van der Waals surface area (Å²) in [6.45, 7) is 2.11. The first-order valence-corrected chi connectivity index (χ1v) is 10.1. The molecule has 1 amide bonds. The zero-order chi connectivity index (χ0) is 17.7. The summed E-state index contributed by atoms with van der Waals surface area (Å²) in [6.07, 6.45) is 8.57. The maximum atomic E-state index is 13.2. The number of carbonyl (C=O) groups excluding carboxylic acids is 1. The van der Waals surface area contributed by atoms with Gasteiger partial charge in [-0.15, -0.1) is 12.4 Å². The quantitative estimate of drug-likeness (QED) is 0.816. The molecule has 2 aromatic rings. The first-order valence-electron chi connectivity index (χ1n) is 10.1. The number of nitrogens with one attached hydrogen (secondary N) is 2. The van der Waals surface area contributed by atoms with Crippen molar-refractivity contribution in [3.63, 3.8) is 0 Å². The molecule has 7 heteroatoms. The molecular formula is C20H27ClN4O2. The first-order chi connectivity index (χ1) is 12.7. The van der Waals surface area contributed by atoms with Gasteiger partial charge >= 0.3 is 0 Å². The maximum Gasteiger partial charge on any atom is 0.259 e. The Kier molecular flexibility index (Phi) is 5.12. The Morgan fingerprint density at radius 1 is 1.26 bits per heavy atom. The molecule has 2 atom stereocenters. The number of piperidine rings is 1. The van der Waals surface area contributed by atoms with Crippen molar-refractivity contribution >= 4 is 29.4 Å². The highest BCUT2D eigenvalue weighted by molar-refractivity contribution is 6.06. The number of halogens is 1. The normalized spacial score (nSPS) is 26.8. The van der Waals surface area contributed by atoms with E-state index in [1.165, 1.54) is 12.8 Å². The van der Waals surface area contributed by atoms with E-state index < -0.39 is 0 Å². The van der Waals surface area contributed by atoms with Gasteiger partial charge in [0.05, 0.1) is 16.6 Å². The number of hydrogen-bond acceptors (Lipinski definition) is 5. The standard InChI is InChI=1S/C20H26N4O2.ClH/c1-2-3-16-18-15(10-17(11-4-5-11)23-20(18)26-24-16)19(25)22-14-8-12-6-7-13(9-14)21-12;/h10-14,21H,2-9H2,1H3,(H,22,25);1H. The molecule has 146 valence electrons. The van der Waals surface area contributed by atoms with Gasteiger partial charge in [0.1, 0.15) is 0 Å². The summed E-state index contributed by atoms with van der Waals surface area (Å²) in [5, 5.41) is 11.9. The van der Waals surface area contributed by atoms with Gasteiger partial charge in [-0.3, -0.25) is 4.79 Å². The summed E-state index contributed by atoms with van der Waals surface area (Å²) in [7, 11) is 0. The third kappa shape index (κ3) is 3.57. The second-order valence-corrected chi connectivity index (χ2v) is 8.21. The van der Waals surface area contributed by atoms with Gasteiger partial charge in [0.2, 0.25) is 0 Å². The summed E-state index contributed by atoms with van der Waals surface area (Å²) in [5.74, 6) is 0.478. The molecule has 2 N–H and O–H groups in total. The van der Waals surface area contributed by atoms with Crippen molar-refractivity contribution in [3.05, 3.63) is 23.0 Å². The number of fused-ring (bicyclic) bond motifs is 3. The molecule has 0 radical (unpaired) electrons. The summed E-state index contributed by atoms with van der Waals surface area (Å²) >= 11 is 0. The monoisotopic (exact) mass is 390 g/mol. The van der Waals surface area contributed by atoms with Gasteiger partial charge in [0.15, 0.2) is 0 Å². The van der Waals surface area contributed by atoms with E-state index in [0.717, 1.165) is 55.3 Å². The van der Waals surface area contributed by atoms with Crippen molar-refractivity contribution < 1.29 is 9.32 Å². The van der Waals surface area contributed by atoms with Gasteiger partial charge in [-0.1, -0.05) is 18.5 Å². The van der Waals surface area contributed by atoms with Crippen LogP contribution < -0.4 is 10.6 Å². The predicted octanol–water partition coefficient (Wildman–Crippen LogP) is 3.49. The fraction of sp³-hybridized carbons (Fsp3) is 0.650. The molecule has 5 rings (SSSR count). The van der Waals surface area contributed by atoms with Crippen LogP contribution in [0.2, 0.25) is 0 Å². The Morgan fingerprint density at radius 2 is 2.00 bits per heavy atom.